The monoisotopic (exact) mass is 290 g/mol. The van der Waals surface area contributed by atoms with Crippen molar-refractivity contribution in [3.8, 4) is 5.75 Å². The van der Waals surface area contributed by atoms with Crippen molar-refractivity contribution in [3.63, 3.8) is 0 Å². The average Bonchev–Trinajstić information content (AvgIpc) is 2.32. The Morgan fingerprint density at radius 3 is 2.11 bits per heavy atom. The van der Waals surface area contributed by atoms with Crippen LogP contribution in [0.1, 0.15) is 33.0 Å². The fraction of sp³-hybridized carbons (Fsp3) is 0.636. The normalized spacial score (nSPS) is 11.5. The average molecular weight is 290 g/mol. The van der Waals surface area contributed by atoms with Crippen LogP contribution < -0.4 is 4.52 Å². The van der Waals surface area contributed by atoms with Crippen molar-refractivity contribution in [1.29, 1.82) is 0 Å². The molecule has 0 aliphatic carbocycles. The predicted molar refractivity (Wildman–Crippen MR) is 74.2 cm³/mol. The van der Waals surface area contributed by atoms with E-state index in [0.29, 0.717) is 19.0 Å². The summed E-state index contributed by atoms with van der Waals surface area (Å²) in [7, 11) is 0. The van der Waals surface area contributed by atoms with Crippen molar-refractivity contribution >= 4 is 18.5 Å². The van der Waals surface area contributed by atoms with Crippen LogP contribution in [0.3, 0.4) is 0 Å². The van der Waals surface area contributed by atoms with Crippen LogP contribution in [0.2, 0.25) is 0 Å². The molecular weight excluding hydrogens is 271 g/mol. The summed E-state index contributed by atoms with van der Waals surface area (Å²) in [6.07, 6.45) is 5.08. The van der Waals surface area contributed by atoms with E-state index in [1.165, 1.54) is 0 Å². The SMILES string of the molecule is CCCc1ncc(OP(=S)(OCC)OCC)cn1. The first-order valence-electron chi connectivity index (χ1n) is 6.03. The van der Waals surface area contributed by atoms with Gasteiger partial charge in [-0.15, -0.1) is 0 Å². The molecule has 0 saturated carbocycles. The lowest BCUT2D eigenvalue weighted by Crippen LogP contribution is -2.03. The van der Waals surface area contributed by atoms with Crippen LogP contribution in [0.25, 0.3) is 0 Å². The number of aromatic nitrogens is 2. The highest BCUT2D eigenvalue weighted by Gasteiger charge is 2.21. The van der Waals surface area contributed by atoms with Gasteiger partial charge in [0.2, 0.25) is 0 Å². The van der Waals surface area contributed by atoms with Crippen LogP contribution in [-0.2, 0) is 27.3 Å². The standard InChI is InChI=1S/C11H19N2O3PS/c1-4-7-11-12-8-10(9-13-11)16-17(18,14-5-2)15-6-3/h8-9H,4-7H2,1-3H3. The summed E-state index contributed by atoms with van der Waals surface area (Å²) in [5.74, 6) is 1.28. The Balaban J connectivity index is 2.71. The Bertz CT molecular complexity index is 390. The van der Waals surface area contributed by atoms with Crippen molar-refractivity contribution in [3.05, 3.63) is 18.2 Å². The molecule has 7 heteroatoms. The molecule has 0 unspecified atom stereocenters. The van der Waals surface area contributed by atoms with Crippen LogP contribution in [-0.4, -0.2) is 23.2 Å². The number of hydrogen-bond donors (Lipinski definition) is 0. The zero-order valence-corrected chi connectivity index (χ0v) is 12.7. The van der Waals surface area contributed by atoms with Gasteiger partial charge in [0.05, 0.1) is 25.6 Å². The van der Waals surface area contributed by atoms with Crippen molar-refractivity contribution < 1.29 is 13.6 Å². The Labute approximate surface area is 113 Å². The molecule has 1 heterocycles. The quantitative estimate of drug-likeness (QED) is 0.686. The zero-order chi connectivity index (χ0) is 13.4. The van der Waals surface area contributed by atoms with Crippen LogP contribution in [0.4, 0.5) is 0 Å². The highest BCUT2D eigenvalue weighted by atomic mass is 32.5. The summed E-state index contributed by atoms with van der Waals surface area (Å²) in [6.45, 7) is 3.97. The predicted octanol–water partition coefficient (Wildman–Crippen LogP) is 3.11. The van der Waals surface area contributed by atoms with Crippen molar-refractivity contribution in [1.82, 2.24) is 9.97 Å². The molecule has 0 bridgehead atoms. The maximum Gasteiger partial charge on any atom is 0.380 e. The summed E-state index contributed by atoms with van der Waals surface area (Å²) < 4.78 is 16.3. The van der Waals surface area contributed by atoms with Gasteiger partial charge in [-0.2, -0.15) is 0 Å². The second-order valence-corrected chi connectivity index (χ2v) is 6.39. The van der Waals surface area contributed by atoms with Crippen LogP contribution >= 0.6 is 6.72 Å². The molecule has 1 rings (SSSR count). The summed E-state index contributed by atoms with van der Waals surface area (Å²) in [6, 6.07) is 0. The Morgan fingerprint density at radius 2 is 1.67 bits per heavy atom. The molecule has 102 valence electrons. The lowest BCUT2D eigenvalue weighted by Gasteiger charge is -2.20. The first-order valence-corrected chi connectivity index (χ1v) is 8.58. The number of nitrogens with zero attached hydrogens (tertiary/aromatic N) is 2. The Morgan fingerprint density at radius 1 is 1.11 bits per heavy atom. The first kappa shape index (κ1) is 15.5. The van der Waals surface area contributed by atoms with Crippen molar-refractivity contribution in [2.45, 2.75) is 33.6 Å². The van der Waals surface area contributed by atoms with Crippen molar-refractivity contribution in [2.24, 2.45) is 0 Å². The highest BCUT2D eigenvalue weighted by Crippen LogP contribution is 2.49. The second-order valence-electron chi connectivity index (χ2n) is 3.46. The maximum absolute atomic E-state index is 5.57. The van der Waals surface area contributed by atoms with Crippen LogP contribution in [0.5, 0.6) is 5.75 Å². The molecule has 0 atom stereocenters. The minimum Gasteiger partial charge on any atom is -0.421 e. The highest BCUT2D eigenvalue weighted by molar-refractivity contribution is 8.07. The van der Waals surface area contributed by atoms with Gasteiger partial charge >= 0.3 is 6.72 Å². The third-order valence-electron chi connectivity index (χ3n) is 1.95. The second kappa shape index (κ2) is 7.79. The van der Waals surface area contributed by atoms with Gasteiger partial charge in [-0.3, -0.25) is 9.05 Å². The summed E-state index contributed by atoms with van der Waals surface area (Å²) in [5, 5.41) is 0. The van der Waals surface area contributed by atoms with Gasteiger partial charge in [0.15, 0.2) is 5.75 Å². The van der Waals surface area contributed by atoms with Gasteiger partial charge < -0.3 is 4.52 Å². The first-order chi connectivity index (χ1) is 8.63. The van der Waals surface area contributed by atoms with Crippen LogP contribution in [0.15, 0.2) is 12.4 Å². The van der Waals surface area contributed by atoms with E-state index in [0.717, 1.165) is 18.7 Å². The molecule has 0 saturated heterocycles. The molecule has 5 nitrogen and oxygen atoms in total. The molecule has 0 fully saturated rings. The van der Waals surface area contributed by atoms with E-state index >= 15 is 0 Å². The van der Waals surface area contributed by atoms with E-state index < -0.39 is 6.72 Å². The van der Waals surface area contributed by atoms with Crippen molar-refractivity contribution in [2.75, 3.05) is 13.2 Å². The topological polar surface area (TPSA) is 53.5 Å². The lowest BCUT2D eigenvalue weighted by atomic mass is 10.3. The summed E-state index contributed by atoms with van der Waals surface area (Å²) in [4.78, 5) is 8.39. The maximum atomic E-state index is 5.57. The fourth-order valence-corrected chi connectivity index (χ4v) is 3.33. The molecule has 0 radical (unpaired) electrons. The van der Waals surface area contributed by atoms with Gasteiger partial charge in [0.25, 0.3) is 0 Å². The lowest BCUT2D eigenvalue weighted by molar-refractivity contribution is 0.217. The zero-order valence-electron chi connectivity index (χ0n) is 11.0. The molecule has 0 aliphatic rings. The minimum absolute atomic E-state index is 0.450. The molecule has 0 N–H and O–H groups in total. The van der Waals surface area contributed by atoms with E-state index in [1.807, 2.05) is 13.8 Å². The van der Waals surface area contributed by atoms with Crippen LogP contribution in [0, 0.1) is 0 Å². The Hall–Kier alpha value is -0.550. The third kappa shape index (κ3) is 4.98. The molecule has 0 aromatic carbocycles. The third-order valence-corrected chi connectivity index (χ3v) is 4.39. The summed E-state index contributed by atoms with van der Waals surface area (Å²) >= 11 is 5.26. The van der Waals surface area contributed by atoms with Gasteiger partial charge in [0, 0.05) is 18.2 Å². The van der Waals surface area contributed by atoms with Gasteiger partial charge in [-0.1, -0.05) is 6.92 Å². The molecule has 1 aromatic rings. The molecule has 1 aromatic heterocycles. The molecule has 18 heavy (non-hydrogen) atoms. The molecule has 0 amide bonds. The van der Waals surface area contributed by atoms with Gasteiger partial charge in [-0.05, 0) is 20.3 Å². The van der Waals surface area contributed by atoms with E-state index in [1.54, 1.807) is 12.4 Å². The Kier molecular flexibility index (Phi) is 6.71. The van der Waals surface area contributed by atoms with Gasteiger partial charge in [-0.25, -0.2) is 9.97 Å². The van der Waals surface area contributed by atoms with E-state index in [-0.39, 0.29) is 0 Å². The smallest absolute Gasteiger partial charge is 0.380 e. The molecule has 0 aliphatic heterocycles. The van der Waals surface area contributed by atoms with E-state index in [9.17, 15) is 0 Å². The summed E-state index contributed by atoms with van der Waals surface area (Å²) in [5.41, 5.74) is 0. The minimum atomic E-state index is -2.72. The van der Waals surface area contributed by atoms with Gasteiger partial charge in [0.1, 0.15) is 5.82 Å². The largest absolute Gasteiger partial charge is 0.421 e. The van der Waals surface area contributed by atoms with E-state index in [4.69, 9.17) is 25.4 Å². The number of rotatable bonds is 8. The number of hydrogen-bond acceptors (Lipinski definition) is 6. The molecular formula is C11H19N2O3PS. The van der Waals surface area contributed by atoms with E-state index in [2.05, 4.69) is 16.9 Å². The number of aryl methyl sites for hydroxylation is 1. The molecule has 0 spiro atoms. The fourth-order valence-electron chi connectivity index (χ4n) is 1.28.